The van der Waals surface area contributed by atoms with Crippen LogP contribution in [0.4, 0.5) is 4.39 Å². The van der Waals surface area contributed by atoms with Crippen LogP contribution in [-0.2, 0) is 11.3 Å². The van der Waals surface area contributed by atoms with E-state index in [1.165, 1.54) is 12.3 Å². The zero-order chi connectivity index (χ0) is 9.80. The summed E-state index contributed by atoms with van der Waals surface area (Å²) in [6.07, 6.45) is 2.93. The van der Waals surface area contributed by atoms with Gasteiger partial charge in [-0.25, -0.2) is 4.39 Å². The number of halogens is 1. The summed E-state index contributed by atoms with van der Waals surface area (Å²) >= 11 is 0. The molecule has 2 rings (SSSR count). The summed E-state index contributed by atoms with van der Waals surface area (Å²) in [5, 5.41) is 0. The van der Waals surface area contributed by atoms with E-state index < -0.39 is 0 Å². The van der Waals surface area contributed by atoms with Crippen LogP contribution in [0.3, 0.4) is 0 Å². The standard InChI is InChI=1S/C10H13FN2O/c11-10-5-9(6-12-7-10)8-13-1-3-14-4-2-13/h5-7H,1-4,8H2. The highest BCUT2D eigenvalue weighted by molar-refractivity contribution is 5.09. The molecule has 0 spiro atoms. The van der Waals surface area contributed by atoms with Crippen LogP contribution < -0.4 is 0 Å². The van der Waals surface area contributed by atoms with Crippen LogP contribution in [0.2, 0.25) is 0 Å². The summed E-state index contributed by atoms with van der Waals surface area (Å²) in [5.74, 6) is -0.268. The molecule has 2 heterocycles. The molecule has 1 fully saturated rings. The second kappa shape index (κ2) is 4.48. The van der Waals surface area contributed by atoms with Crippen molar-refractivity contribution in [2.45, 2.75) is 6.54 Å². The van der Waals surface area contributed by atoms with Crippen molar-refractivity contribution in [3.63, 3.8) is 0 Å². The van der Waals surface area contributed by atoms with E-state index in [9.17, 15) is 4.39 Å². The van der Waals surface area contributed by atoms with Crippen molar-refractivity contribution < 1.29 is 9.13 Å². The molecule has 0 aliphatic carbocycles. The minimum atomic E-state index is -0.268. The van der Waals surface area contributed by atoms with Gasteiger partial charge < -0.3 is 4.74 Å². The zero-order valence-electron chi connectivity index (χ0n) is 7.95. The minimum Gasteiger partial charge on any atom is -0.379 e. The summed E-state index contributed by atoms with van der Waals surface area (Å²) in [5.41, 5.74) is 0.923. The van der Waals surface area contributed by atoms with E-state index in [-0.39, 0.29) is 5.82 Å². The molecule has 1 aromatic heterocycles. The third kappa shape index (κ3) is 2.49. The van der Waals surface area contributed by atoms with E-state index >= 15 is 0 Å². The first-order chi connectivity index (χ1) is 6.84. The van der Waals surface area contributed by atoms with Crippen LogP contribution in [0.5, 0.6) is 0 Å². The van der Waals surface area contributed by atoms with Gasteiger partial charge in [-0.1, -0.05) is 0 Å². The Morgan fingerprint density at radius 1 is 1.36 bits per heavy atom. The summed E-state index contributed by atoms with van der Waals surface area (Å²) in [6, 6.07) is 1.53. The molecule has 0 N–H and O–H groups in total. The van der Waals surface area contributed by atoms with Crippen molar-refractivity contribution in [1.29, 1.82) is 0 Å². The maximum atomic E-state index is 12.8. The molecule has 1 aliphatic rings. The molecule has 0 saturated carbocycles. The third-order valence-corrected chi connectivity index (χ3v) is 2.27. The number of pyridine rings is 1. The Balaban J connectivity index is 1.95. The molecular weight excluding hydrogens is 183 g/mol. The average Bonchev–Trinajstić information content (AvgIpc) is 2.19. The van der Waals surface area contributed by atoms with Crippen LogP contribution in [0.1, 0.15) is 5.56 Å². The summed E-state index contributed by atoms with van der Waals surface area (Å²) in [6.45, 7) is 4.12. The lowest BCUT2D eigenvalue weighted by atomic mass is 10.2. The lowest BCUT2D eigenvalue weighted by Gasteiger charge is -2.26. The van der Waals surface area contributed by atoms with Crippen LogP contribution in [0.25, 0.3) is 0 Å². The van der Waals surface area contributed by atoms with Gasteiger partial charge in [-0.3, -0.25) is 9.88 Å². The van der Waals surface area contributed by atoms with Crippen LogP contribution >= 0.6 is 0 Å². The van der Waals surface area contributed by atoms with Gasteiger partial charge in [-0.05, 0) is 11.6 Å². The number of nitrogens with zero attached hydrogens (tertiary/aromatic N) is 2. The van der Waals surface area contributed by atoms with Gasteiger partial charge in [-0.2, -0.15) is 0 Å². The second-order valence-corrected chi connectivity index (χ2v) is 3.40. The van der Waals surface area contributed by atoms with Gasteiger partial charge in [0.05, 0.1) is 19.4 Å². The number of hydrogen-bond donors (Lipinski definition) is 0. The van der Waals surface area contributed by atoms with Gasteiger partial charge in [-0.15, -0.1) is 0 Å². The monoisotopic (exact) mass is 196 g/mol. The van der Waals surface area contributed by atoms with Crippen molar-refractivity contribution >= 4 is 0 Å². The molecule has 0 unspecified atom stereocenters. The van der Waals surface area contributed by atoms with E-state index in [0.29, 0.717) is 0 Å². The number of ether oxygens (including phenoxy) is 1. The maximum absolute atomic E-state index is 12.8. The number of hydrogen-bond acceptors (Lipinski definition) is 3. The van der Waals surface area contributed by atoms with Gasteiger partial charge in [0.15, 0.2) is 0 Å². The maximum Gasteiger partial charge on any atom is 0.141 e. The molecule has 0 aromatic carbocycles. The molecule has 0 atom stereocenters. The fourth-order valence-corrected chi connectivity index (χ4v) is 1.56. The Bertz CT molecular complexity index is 300. The number of morpholine rings is 1. The Morgan fingerprint density at radius 3 is 2.86 bits per heavy atom. The molecule has 0 radical (unpaired) electrons. The lowest BCUT2D eigenvalue weighted by molar-refractivity contribution is 0.0341. The molecule has 76 valence electrons. The smallest absolute Gasteiger partial charge is 0.141 e. The molecule has 4 heteroatoms. The Hall–Kier alpha value is -1.00. The van der Waals surface area contributed by atoms with Crippen LogP contribution in [0, 0.1) is 5.82 Å². The number of rotatable bonds is 2. The highest BCUT2D eigenvalue weighted by atomic mass is 19.1. The van der Waals surface area contributed by atoms with Crippen molar-refractivity contribution in [3.8, 4) is 0 Å². The van der Waals surface area contributed by atoms with Gasteiger partial charge in [0.2, 0.25) is 0 Å². The lowest BCUT2D eigenvalue weighted by Crippen LogP contribution is -2.35. The highest BCUT2D eigenvalue weighted by Crippen LogP contribution is 2.06. The topological polar surface area (TPSA) is 25.4 Å². The van der Waals surface area contributed by atoms with E-state index in [1.807, 2.05) is 0 Å². The summed E-state index contributed by atoms with van der Waals surface area (Å²) < 4.78 is 18.0. The SMILES string of the molecule is Fc1cncc(CN2CCOCC2)c1. The van der Waals surface area contributed by atoms with Crippen molar-refractivity contribution in [1.82, 2.24) is 9.88 Å². The Kier molecular flexibility index (Phi) is 3.06. The normalized spacial score (nSPS) is 18.4. The van der Waals surface area contributed by atoms with Crippen molar-refractivity contribution in [2.24, 2.45) is 0 Å². The zero-order valence-corrected chi connectivity index (χ0v) is 7.95. The summed E-state index contributed by atoms with van der Waals surface area (Å²) in [7, 11) is 0. The molecule has 0 bridgehead atoms. The van der Waals surface area contributed by atoms with E-state index in [2.05, 4.69) is 9.88 Å². The van der Waals surface area contributed by atoms with Gasteiger partial charge in [0.25, 0.3) is 0 Å². The van der Waals surface area contributed by atoms with Crippen LogP contribution in [-0.4, -0.2) is 36.2 Å². The molecule has 3 nitrogen and oxygen atoms in total. The Labute approximate surface area is 82.5 Å². The van der Waals surface area contributed by atoms with Gasteiger partial charge in [0, 0.05) is 25.8 Å². The minimum absolute atomic E-state index is 0.268. The van der Waals surface area contributed by atoms with Crippen LogP contribution in [0.15, 0.2) is 18.5 Å². The Morgan fingerprint density at radius 2 is 2.14 bits per heavy atom. The first-order valence-electron chi connectivity index (χ1n) is 4.74. The number of aromatic nitrogens is 1. The first kappa shape index (κ1) is 9.55. The third-order valence-electron chi connectivity index (χ3n) is 2.27. The second-order valence-electron chi connectivity index (χ2n) is 3.40. The van der Waals surface area contributed by atoms with E-state index in [0.717, 1.165) is 38.4 Å². The quantitative estimate of drug-likeness (QED) is 0.707. The molecule has 0 amide bonds. The van der Waals surface area contributed by atoms with E-state index in [1.54, 1.807) is 6.20 Å². The van der Waals surface area contributed by atoms with Crippen molar-refractivity contribution in [3.05, 3.63) is 29.8 Å². The fourth-order valence-electron chi connectivity index (χ4n) is 1.56. The van der Waals surface area contributed by atoms with E-state index in [4.69, 9.17) is 4.74 Å². The molecule has 1 aromatic rings. The first-order valence-corrected chi connectivity index (χ1v) is 4.74. The van der Waals surface area contributed by atoms with Gasteiger partial charge in [0.1, 0.15) is 5.82 Å². The molecule has 1 saturated heterocycles. The molecule has 1 aliphatic heterocycles. The fraction of sp³-hybridized carbons (Fsp3) is 0.500. The summed E-state index contributed by atoms with van der Waals surface area (Å²) in [4.78, 5) is 6.05. The van der Waals surface area contributed by atoms with Crippen molar-refractivity contribution in [2.75, 3.05) is 26.3 Å². The molecular formula is C10H13FN2O. The predicted molar refractivity (Wildman–Crippen MR) is 50.3 cm³/mol. The van der Waals surface area contributed by atoms with Gasteiger partial charge >= 0.3 is 0 Å². The molecule has 14 heavy (non-hydrogen) atoms. The average molecular weight is 196 g/mol. The largest absolute Gasteiger partial charge is 0.379 e. The predicted octanol–water partition coefficient (Wildman–Crippen LogP) is 1.05. The highest BCUT2D eigenvalue weighted by Gasteiger charge is 2.10.